The molecule has 1 saturated heterocycles. The molecular weight excluding hydrogens is 471 g/mol. The molecule has 9 nitrogen and oxygen atoms in total. The van der Waals surface area contributed by atoms with Gasteiger partial charge in [-0.2, -0.15) is 12.8 Å². The molecule has 1 aromatic heterocycles. The van der Waals surface area contributed by atoms with Crippen molar-refractivity contribution in [3.63, 3.8) is 0 Å². The van der Waals surface area contributed by atoms with Crippen molar-refractivity contribution in [2.75, 3.05) is 23.3 Å². The van der Waals surface area contributed by atoms with Gasteiger partial charge in [0.2, 0.25) is 0 Å². The number of hydrogen-bond donors (Lipinski definition) is 2. The van der Waals surface area contributed by atoms with Gasteiger partial charge in [-0.1, -0.05) is 12.1 Å². The van der Waals surface area contributed by atoms with Crippen LogP contribution in [-0.4, -0.2) is 32.4 Å². The first-order valence-electron chi connectivity index (χ1n) is 9.84. The van der Waals surface area contributed by atoms with Crippen molar-refractivity contribution >= 4 is 38.3 Å². The maximum atomic E-state index is 15.2. The number of anilines is 2. The summed E-state index contributed by atoms with van der Waals surface area (Å²) in [6, 6.07) is 11.7. The topological polar surface area (TPSA) is 110 Å². The second-order valence-corrected chi connectivity index (χ2v) is 9.68. The highest BCUT2D eigenvalue weighted by molar-refractivity contribution is 7.92. The predicted molar refractivity (Wildman–Crippen MR) is 122 cm³/mol. The van der Waals surface area contributed by atoms with Crippen LogP contribution in [0, 0.1) is 12.7 Å². The van der Waals surface area contributed by atoms with Gasteiger partial charge in [0.05, 0.1) is 12.8 Å². The van der Waals surface area contributed by atoms with E-state index in [1.165, 1.54) is 17.6 Å². The summed E-state index contributed by atoms with van der Waals surface area (Å²) in [5.74, 6) is -0.894. The number of methoxy groups -OCH3 is 1. The smallest absolute Gasteiger partial charge is 0.326 e. The molecule has 1 aliphatic heterocycles. The van der Waals surface area contributed by atoms with Gasteiger partial charge in [0.15, 0.2) is 5.82 Å². The summed E-state index contributed by atoms with van der Waals surface area (Å²) in [5.41, 5.74) is 1.84. The first-order chi connectivity index (χ1) is 15.7. The molecule has 0 bridgehead atoms. The standard InChI is InChI=1S/C21H21FN4O5S2/c1-13-7-20(32-24-13)23-10-15-8-17(22)21(26-11-19(27)25-33(26,28)29)18(9-15)31-12-14-3-5-16(30-2)6-4-14/h3-9,23H,10-12H2,1-2H3,(H,25,27). The number of rotatable bonds is 8. The van der Waals surface area contributed by atoms with Gasteiger partial charge >= 0.3 is 10.2 Å². The molecule has 3 aromatic rings. The van der Waals surface area contributed by atoms with E-state index < -0.39 is 28.5 Å². The first-order valence-corrected chi connectivity index (χ1v) is 12.0. The molecule has 2 aromatic carbocycles. The van der Waals surface area contributed by atoms with E-state index in [2.05, 4.69) is 9.69 Å². The molecule has 0 unspecified atom stereocenters. The quantitative estimate of drug-likeness (QED) is 0.498. The minimum Gasteiger partial charge on any atom is -0.497 e. The van der Waals surface area contributed by atoms with Crippen molar-refractivity contribution in [3.05, 3.63) is 65.1 Å². The number of ether oxygens (including phenoxy) is 2. The van der Waals surface area contributed by atoms with Gasteiger partial charge in [0.1, 0.15) is 35.3 Å². The number of halogens is 1. The van der Waals surface area contributed by atoms with E-state index in [0.717, 1.165) is 16.3 Å². The lowest BCUT2D eigenvalue weighted by Crippen LogP contribution is -2.30. The van der Waals surface area contributed by atoms with Crippen molar-refractivity contribution in [2.45, 2.75) is 20.1 Å². The van der Waals surface area contributed by atoms with Crippen molar-refractivity contribution in [2.24, 2.45) is 0 Å². The van der Waals surface area contributed by atoms with Gasteiger partial charge < -0.3 is 14.8 Å². The summed E-state index contributed by atoms with van der Waals surface area (Å²) >= 11 is 1.28. The SMILES string of the molecule is COc1ccc(COc2cc(CNc3cc(C)ns3)cc(F)c2N2CC(=O)NS2(=O)=O)cc1. The molecule has 0 aliphatic carbocycles. The van der Waals surface area contributed by atoms with Crippen molar-refractivity contribution < 1.29 is 27.1 Å². The van der Waals surface area contributed by atoms with Crippen LogP contribution in [-0.2, 0) is 28.2 Å². The highest BCUT2D eigenvalue weighted by Crippen LogP contribution is 2.36. The number of amides is 1. The minimum atomic E-state index is -4.22. The Morgan fingerprint density at radius 1 is 1.21 bits per heavy atom. The zero-order chi connectivity index (χ0) is 23.6. The summed E-state index contributed by atoms with van der Waals surface area (Å²) < 4.78 is 57.6. The van der Waals surface area contributed by atoms with Crippen LogP contribution < -0.4 is 23.8 Å². The van der Waals surface area contributed by atoms with Crippen LogP contribution in [0.1, 0.15) is 16.8 Å². The second kappa shape index (κ2) is 9.24. The van der Waals surface area contributed by atoms with Gasteiger partial charge in [-0.05, 0) is 59.9 Å². The molecule has 1 amide bonds. The van der Waals surface area contributed by atoms with Crippen LogP contribution >= 0.6 is 11.5 Å². The Morgan fingerprint density at radius 2 is 1.97 bits per heavy atom. The molecule has 4 rings (SSSR count). The lowest BCUT2D eigenvalue weighted by atomic mass is 10.1. The van der Waals surface area contributed by atoms with E-state index in [0.29, 0.717) is 15.6 Å². The normalized spacial score (nSPS) is 14.8. The van der Waals surface area contributed by atoms with Gasteiger partial charge in [0, 0.05) is 6.54 Å². The largest absolute Gasteiger partial charge is 0.497 e. The van der Waals surface area contributed by atoms with Crippen LogP contribution in [0.5, 0.6) is 11.5 Å². The Kier molecular flexibility index (Phi) is 6.38. The molecule has 1 aliphatic rings. The lowest BCUT2D eigenvalue weighted by molar-refractivity contribution is -0.117. The Balaban J connectivity index is 1.64. The third-order valence-corrected chi connectivity index (χ3v) is 7.02. The van der Waals surface area contributed by atoms with Gasteiger partial charge in [-0.15, -0.1) is 0 Å². The second-order valence-electron chi connectivity index (χ2n) is 7.28. The third kappa shape index (κ3) is 5.17. The van der Waals surface area contributed by atoms with Gasteiger partial charge in [0.25, 0.3) is 5.91 Å². The summed E-state index contributed by atoms with van der Waals surface area (Å²) in [6.07, 6.45) is 0. The van der Waals surface area contributed by atoms with Crippen molar-refractivity contribution in [1.82, 2.24) is 9.10 Å². The zero-order valence-corrected chi connectivity index (χ0v) is 19.4. The number of benzene rings is 2. The molecular formula is C21H21FN4O5S2. The number of carbonyl (C=O) groups is 1. The lowest BCUT2D eigenvalue weighted by Gasteiger charge is -2.21. The number of nitrogens with one attached hydrogen (secondary N) is 2. The minimum absolute atomic E-state index is 0.00294. The zero-order valence-electron chi connectivity index (χ0n) is 17.8. The predicted octanol–water partition coefficient (Wildman–Crippen LogP) is 2.97. The van der Waals surface area contributed by atoms with E-state index in [1.54, 1.807) is 37.4 Å². The number of hydrogen-bond acceptors (Lipinski definition) is 8. The fourth-order valence-electron chi connectivity index (χ4n) is 3.25. The molecule has 0 saturated carbocycles. The van der Waals surface area contributed by atoms with Gasteiger partial charge in [-0.3, -0.25) is 4.79 Å². The van der Waals surface area contributed by atoms with E-state index in [9.17, 15) is 13.2 Å². The van der Waals surface area contributed by atoms with Crippen LogP contribution in [0.4, 0.5) is 15.1 Å². The monoisotopic (exact) mass is 492 g/mol. The van der Waals surface area contributed by atoms with Crippen LogP contribution in [0.2, 0.25) is 0 Å². The summed E-state index contributed by atoms with van der Waals surface area (Å²) in [5, 5.41) is 3.97. The molecule has 33 heavy (non-hydrogen) atoms. The van der Waals surface area contributed by atoms with E-state index in [4.69, 9.17) is 9.47 Å². The summed E-state index contributed by atoms with van der Waals surface area (Å²) in [6.45, 7) is 1.65. The number of aromatic nitrogens is 1. The Labute approximate surface area is 194 Å². The van der Waals surface area contributed by atoms with Crippen molar-refractivity contribution in [3.8, 4) is 11.5 Å². The number of aryl methyl sites for hydroxylation is 1. The van der Waals surface area contributed by atoms with Crippen LogP contribution in [0.25, 0.3) is 0 Å². The average molecular weight is 493 g/mol. The summed E-state index contributed by atoms with van der Waals surface area (Å²) in [4.78, 5) is 11.7. The van der Waals surface area contributed by atoms with Crippen LogP contribution in [0.15, 0.2) is 42.5 Å². The van der Waals surface area contributed by atoms with Crippen molar-refractivity contribution in [1.29, 1.82) is 0 Å². The number of carbonyl (C=O) groups excluding carboxylic acids is 1. The maximum Gasteiger partial charge on any atom is 0.326 e. The fraction of sp³-hybridized carbons (Fsp3) is 0.238. The fourth-order valence-corrected chi connectivity index (χ4v) is 5.07. The highest BCUT2D eigenvalue weighted by atomic mass is 32.2. The molecule has 174 valence electrons. The molecule has 0 spiro atoms. The Morgan fingerprint density at radius 3 is 2.58 bits per heavy atom. The third-order valence-electron chi connectivity index (χ3n) is 4.81. The molecule has 2 heterocycles. The maximum absolute atomic E-state index is 15.2. The summed E-state index contributed by atoms with van der Waals surface area (Å²) in [7, 11) is -2.66. The highest BCUT2D eigenvalue weighted by Gasteiger charge is 2.37. The molecule has 1 fully saturated rings. The van der Waals surface area contributed by atoms with E-state index in [1.807, 2.05) is 17.7 Å². The Bertz CT molecular complexity index is 1280. The molecule has 0 radical (unpaired) electrons. The van der Waals surface area contributed by atoms with Crippen LogP contribution in [0.3, 0.4) is 0 Å². The van der Waals surface area contributed by atoms with E-state index in [-0.39, 0.29) is 24.6 Å². The average Bonchev–Trinajstić information content (AvgIpc) is 3.31. The molecule has 0 atom stereocenters. The first kappa shape index (κ1) is 22.8. The Hall–Kier alpha value is -3.38. The number of nitrogens with zero attached hydrogens (tertiary/aromatic N) is 2. The van der Waals surface area contributed by atoms with E-state index >= 15 is 4.39 Å². The molecule has 2 N–H and O–H groups in total. The molecule has 12 heteroatoms. The van der Waals surface area contributed by atoms with Gasteiger partial charge in [-0.25, -0.2) is 13.4 Å².